The predicted octanol–water partition coefficient (Wildman–Crippen LogP) is 1.49. The molecular formula is C14H19FN4O2. The van der Waals surface area contributed by atoms with Crippen LogP contribution in [0.1, 0.15) is 12.8 Å². The lowest BCUT2D eigenvalue weighted by Gasteiger charge is -2.15. The molecule has 7 heteroatoms. The molecule has 0 aliphatic carbocycles. The van der Waals surface area contributed by atoms with Crippen LogP contribution in [0, 0.1) is 5.82 Å². The van der Waals surface area contributed by atoms with Gasteiger partial charge in [-0.2, -0.15) is 0 Å². The number of carbonyl (C=O) groups excluding carboxylic acids is 2. The van der Waals surface area contributed by atoms with Gasteiger partial charge in [0.2, 0.25) is 5.91 Å². The molecule has 1 aromatic rings. The van der Waals surface area contributed by atoms with Crippen LogP contribution >= 0.6 is 0 Å². The average Bonchev–Trinajstić information content (AvgIpc) is 2.75. The monoisotopic (exact) mass is 294 g/mol. The van der Waals surface area contributed by atoms with E-state index in [9.17, 15) is 14.0 Å². The Kier molecular flexibility index (Phi) is 4.62. The minimum absolute atomic E-state index is 0.00139. The molecule has 3 amide bonds. The third kappa shape index (κ3) is 3.84. The molecule has 3 N–H and O–H groups in total. The van der Waals surface area contributed by atoms with Gasteiger partial charge < -0.3 is 20.9 Å². The number of likely N-dealkylation sites (N-methyl/N-ethyl adjacent to an activating group) is 1. The van der Waals surface area contributed by atoms with Crippen LogP contribution < -0.4 is 11.1 Å². The molecule has 21 heavy (non-hydrogen) atoms. The van der Waals surface area contributed by atoms with Gasteiger partial charge in [0.05, 0.1) is 5.69 Å². The molecule has 1 aromatic carbocycles. The first-order chi connectivity index (χ1) is 9.97. The van der Waals surface area contributed by atoms with E-state index in [0.29, 0.717) is 31.6 Å². The molecule has 0 aromatic heterocycles. The molecule has 0 saturated carbocycles. The molecule has 1 aliphatic rings. The van der Waals surface area contributed by atoms with Crippen molar-refractivity contribution in [3.8, 4) is 0 Å². The molecule has 0 atom stereocenters. The second-order valence-corrected chi connectivity index (χ2v) is 5.08. The largest absolute Gasteiger partial charge is 0.396 e. The van der Waals surface area contributed by atoms with Gasteiger partial charge in [-0.3, -0.25) is 4.79 Å². The van der Waals surface area contributed by atoms with Crippen molar-refractivity contribution in [3.63, 3.8) is 0 Å². The summed E-state index contributed by atoms with van der Waals surface area (Å²) in [6, 6.07) is 4.06. The van der Waals surface area contributed by atoms with Crippen LogP contribution in [-0.2, 0) is 4.79 Å². The van der Waals surface area contributed by atoms with Crippen LogP contribution in [-0.4, -0.2) is 48.4 Å². The predicted molar refractivity (Wildman–Crippen MR) is 78.3 cm³/mol. The van der Waals surface area contributed by atoms with E-state index >= 15 is 0 Å². The molecule has 0 bridgehead atoms. The molecule has 114 valence electrons. The maximum absolute atomic E-state index is 13.0. The van der Waals surface area contributed by atoms with Gasteiger partial charge in [-0.1, -0.05) is 0 Å². The topological polar surface area (TPSA) is 78.7 Å². The van der Waals surface area contributed by atoms with Crippen LogP contribution in [0.15, 0.2) is 18.2 Å². The minimum Gasteiger partial charge on any atom is -0.396 e. The van der Waals surface area contributed by atoms with E-state index in [1.807, 2.05) is 0 Å². The molecule has 0 radical (unpaired) electrons. The van der Waals surface area contributed by atoms with Gasteiger partial charge in [0, 0.05) is 38.8 Å². The highest BCUT2D eigenvalue weighted by Gasteiger charge is 2.24. The van der Waals surface area contributed by atoms with Gasteiger partial charge in [-0.15, -0.1) is 0 Å². The van der Waals surface area contributed by atoms with E-state index in [1.165, 1.54) is 18.2 Å². The van der Waals surface area contributed by atoms with E-state index in [2.05, 4.69) is 5.32 Å². The van der Waals surface area contributed by atoms with Crippen molar-refractivity contribution in [1.82, 2.24) is 9.80 Å². The lowest BCUT2D eigenvalue weighted by atomic mass is 10.2. The number of nitrogens with zero attached hydrogens (tertiary/aromatic N) is 2. The Labute approximate surface area is 122 Å². The minimum atomic E-state index is -0.510. The third-order valence-electron chi connectivity index (χ3n) is 3.41. The first-order valence-corrected chi connectivity index (χ1v) is 6.82. The Morgan fingerprint density at radius 2 is 2.19 bits per heavy atom. The number of hydrogen-bond acceptors (Lipinski definition) is 3. The highest BCUT2D eigenvalue weighted by molar-refractivity contribution is 5.91. The number of halogens is 1. The number of nitrogen functional groups attached to an aromatic ring is 1. The Hall–Kier alpha value is -2.31. The van der Waals surface area contributed by atoms with Crippen LogP contribution in [0.3, 0.4) is 0 Å². The molecule has 1 fully saturated rings. The van der Waals surface area contributed by atoms with Gasteiger partial charge in [0.1, 0.15) is 5.82 Å². The smallest absolute Gasteiger partial charge is 0.319 e. The van der Waals surface area contributed by atoms with Gasteiger partial charge in [-0.25, -0.2) is 9.18 Å². The number of anilines is 2. The van der Waals surface area contributed by atoms with E-state index in [1.54, 1.807) is 16.8 Å². The van der Waals surface area contributed by atoms with E-state index in [4.69, 9.17) is 5.73 Å². The summed E-state index contributed by atoms with van der Waals surface area (Å²) in [6.07, 6.45) is 0.882. The zero-order valence-corrected chi connectivity index (χ0v) is 11.9. The Morgan fingerprint density at radius 3 is 2.81 bits per heavy atom. The number of carbonyl (C=O) groups is 2. The number of amides is 3. The molecule has 2 rings (SSSR count). The normalized spacial score (nSPS) is 14.7. The number of benzene rings is 1. The summed E-state index contributed by atoms with van der Waals surface area (Å²) in [4.78, 5) is 26.8. The highest BCUT2D eigenvalue weighted by Crippen LogP contribution is 2.16. The molecule has 1 aliphatic heterocycles. The van der Waals surface area contributed by atoms with Crippen molar-refractivity contribution in [2.24, 2.45) is 0 Å². The number of nitrogens with one attached hydrogen (secondary N) is 1. The number of nitrogens with two attached hydrogens (primary N) is 1. The molecule has 6 nitrogen and oxygen atoms in total. The Bertz CT molecular complexity index is 550. The van der Waals surface area contributed by atoms with Gasteiger partial charge in [0.25, 0.3) is 0 Å². The van der Waals surface area contributed by atoms with E-state index in [-0.39, 0.29) is 17.6 Å². The summed E-state index contributed by atoms with van der Waals surface area (Å²) in [5.74, 6) is -0.689. The van der Waals surface area contributed by atoms with Gasteiger partial charge in [0.15, 0.2) is 0 Å². The first kappa shape index (κ1) is 15.1. The van der Waals surface area contributed by atoms with Crippen LogP contribution in [0.2, 0.25) is 0 Å². The third-order valence-corrected chi connectivity index (χ3v) is 3.41. The lowest BCUT2D eigenvalue weighted by Crippen LogP contribution is -2.30. The lowest BCUT2D eigenvalue weighted by molar-refractivity contribution is -0.116. The average molecular weight is 294 g/mol. The van der Waals surface area contributed by atoms with E-state index < -0.39 is 5.82 Å². The summed E-state index contributed by atoms with van der Waals surface area (Å²) in [5, 5.41) is 2.66. The van der Waals surface area contributed by atoms with Crippen LogP contribution in [0.25, 0.3) is 0 Å². The maximum Gasteiger partial charge on any atom is 0.319 e. The second-order valence-electron chi connectivity index (χ2n) is 5.08. The molecule has 1 heterocycles. The number of rotatable bonds is 5. The zero-order valence-electron chi connectivity index (χ0n) is 11.9. The van der Waals surface area contributed by atoms with Crippen molar-refractivity contribution in [2.75, 3.05) is 37.7 Å². The molecular weight excluding hydrogens is 275 g/mol. The second kappa shape index (κ2) is 6.43. The SMILES string of the molecule is CN1CCN(CCCC(=O)Nc2ccc(F)c(N)c2)C1=O. The fraction of sp³-hybridized carbons (Fsp3) is 0.429. The summed E-state index contributed by atoms with van der Waals surface area (Å²) < 4.78 is 13.0. The standard InChI is InChI=1S/C14H19FN4O2/c1-18-7-8-19(14(18)21)6-2-3-13(20)17-10-4-5-11(15)12(16)9-10/h4-5,9H,2-3,6-8,16H2,1H3,(H,17,20). The van der Waals surface area contributed by atoms with Crippen molar-refractivity contribution in [1.29, 1.82) is 0 Å². The first-order valence-electron chi connectivity index (χ1n) is 6.82. The zero-order chi connectivity index (χ0) is 15.4. The highest BCUT2D eigenvalue weighted by atomic mass is 19.1. The van der Waals surface area contributed by atoms with Gasteiger partial charge in [-0.05, 0) is 24.6 Å². The van der Waals surface area contributed by atoms with Crippen LogP contribution in [0.5, 0.6) is 0 Å². The summed E-state index contributed by atoms with van der Waals surface area (Å²) >= 11 is 0. The Balaban J connectivity index is 1.75. The molecule has 0 spiro atoms. The van der Waals surface area contributed by atoms with E-state index in [0.717, 1.165) is 6.54 Å². The maximum atomic E-state index is 13.0. The Morgan fingerprint density at radius 1 is 1.43 bits per heavy atom. The van der Waals surface area contributed by atoms with Crippen molar-refractivity contribution in [2.45, 2.75) is 12.8 Å². The molecule has 1 saturated heterocycles. The molecule has 0 unspecified atom stereocenters. The van der Waals surface area contributed by atoms with Crippen molar-refractivity contribution >= 4 is 23.3 Å². The van der Waals surface area contributed by atoms with Gasteiger partial charge >= 0.3 is 6.03 Å². The number of hydrogen-bond donors (Lipinski definition) is 2. The summed E-state index contributed by atoms with van der Waals surface area (Å²) in [7, 11) is 1.76. The fourth-order valence-corrected chi connectivity index (χ4v) is 2.19. The van der Waals surface area contributed by atoms with Crippen molar-refractivity contribution in [3.05, 3.63) is 24.0 Å². The fourth-order valence-electron chi connectivity index (χ4n) is 2.19. The number of urea groups is 1. The summed E-state index contributed by atoms with van der Waals surface area (Å²) in [6.45, 7) is 1.98. The van der Waals surface area contributed by atoms with Crippen LogP contribution in [0.4, 0.5) is 20.6 Å². The van der Waals surface area contributed by atoms with Crippen molar-refractivity contribution < 1.29 is 14.0 Å². The quantitative estimate of drug-likeness (QED) is 0.808. The summed E-state index contributed by atoms with van der Waals surface area (Å²) in [5.41, 5.74) is 5.90.